The zero-order valence-corrected chi connectivity index (χ0v) is 12.4. The van der Waals surface area contributed by atoms with Crippen LogP contribution in [0.15, 0.2) is 48.8 Å². The molecule has 0 saturated heterocycles. The molecular formula is C17H22FN3. The molecule has 21 heavy (non-hydrogen) atoms. The molecular weight excluding hydrogens is 265 g/mol. The summed E-state index contributed by atoms with van der Waals surface area (Å²) in [5.74, 6) is -0.281. The van der Waals surface area contributed by atoms with Crippen LogP contribution in [-0.4, -0.2) is 30.0 Å². The predicted molar refractivity (Wildman–Crippen MR) is 83.3 cm³/mol. The molecule has 1 heterocycles. The molecule has 0 aliphatic heterocycles. The number of halogens is 1. The highest BCUT2D eigenvalue weighted by molar-refractivity contribution is 5.14. The van der Waals surface area contributed by atoms with Crippen molar-refractivity contribution in [2.45, 2.75) is 19.5 Å². The normalized spacial score (nSPS) is 11.0. The topological polar surface area (TPSA) is 28.2 Å². The van der Waals surface area contributed by atoms with Gasteiger partial charge in [-0.25, -0.2) is 4.39 Å². The molecule has 0 radical (unpaired) electrons. The van der Waals surface area contributed by atoms with Gasteiger partial charge < -0.3 is 10.2 Å². The van der Waals surface area contributed by atoms with Crippen molar-refractivity contribution in [2.75, 3.05) is 20.1 Å². The van der Waals surface area contributed by atoms with Crippen LogP contribution in [0.3, 0.4) is 0 Å². The largest absolute Gasteiger partial charge is 0.313 e. The van der Waals surface area contributed by atoms with Gasteiger partial charge >= 0.3 is 0 Å². The average molecular weight is 287 g/mol. The van der Waals surface area contributed by atoms with Crippen LogP contribution in [0, 0.1) is 5.82 Å². The van der Waals surface area contributed by atoms with Crippen LogP contribution < -0.4 is 5.32 Å². The monoisotopic (exact) mass is 287 g/mol. The van der Waals surface area contributed by atoms with E-state index in [0.717, 1.165) is 31.6 Å². The summed E-state index contributed by atoms with van der Waals surface area (Å²) in [5, 5.41) is 3.31. The minimum atomic E-state index is -0.281. The summed E-state index contributed by atoms with van der Waals surface area (Å²) in [6.45, 7) is 3.57. The fourth-order valence-corrected chi connectivity index (χ4v) is 2.23. The van der Waals surface area contributed by atoms with Crippen molar-refractivity contribution in [3.8, 4) is 0 Å². The Bertz CT molecular complexity index is 531. The van der Waals surface area contributed by atoms with E-state index in [2.05, 4.69) is 46.5 Å². The molecule has 0 spiro atoms. The molecule has 0 bridgehead atoms. The Morgan fingerprint density at radius 1 is 1.14 bits per heavy atom. The Hall–Kier alpha value is -1.78. The van der Waals surface area contributed by atoms with E-state index in [1.165, 1.54) is 17.8 Å². The standard InChI is InChI=1S/C17H22FN3/c1-21(14-15-6-3-2-4-7-15)9-5-8-19-11-16-10-17(18)13-20-12-16/h2-4,6-7,10,12-13,19H,5,8-9,11,14H2,1H3. The number of benzene rings is 1. The first kappa shape index (κ1) is 15.6. The van der Waals surface area contributed by atoms with Crippen molar-refractivity contribution in [2.24, 2.45) is 0 Å². The van der Waals surface area contributed by atoms with Crippen molar-refractivity contribution in [3.63, 3.8) is 0 Å². The molecule has 1 aromatic heterocycles. The molecule has 0 aliphatic rings. The van der Waals surface area contributed by atoms with Crippen molar-refractivity contribution >= 4 is 0 Å². The highest BCUT2D eigenvalue weighted by Gasteiger charge is 2.00. The Balaban J connectivity index is 1.59. The summed E-state index contributed by atoms with van der Waals surface area (Å²) in [5.41, 5.74) is 2.21. The quantitative estimate of drug-likeness (QED) is 0.757. The summed E-state index contributed by atoms with van der Waals surface area (Å²) in [7, 11) is 2.13. The van der Waals surface area contributed by atoms with Gasteiger partial charge in [-0.2, -0.15) is 0 Å². The second-order valence-corrected chi connectivity index (χ2v) is 5.27. The third kappa shape index (κ3) is 6.02. The Labute approximate surface area is 125 Å². The Kier molecular flexibility index (Phi) is 6.31. The van der Waals surface area contributed by atoms with E-state index < -0.39 is 0 Å². The zero-order chi connectivity index (χ0) is 14.9. The smallest absolute Gasteiger partial charge is 0.141 e. The third-order valence-corrected chi connectivity index (χ3v) is 3.28. The lowest BCUT2D eigenvalue weighted by Gasteiger charge is -2.16. The van der Waals surface area contributed by atoms with Crippen LogP contribution >= 0.6 is 0 Å². The van der Waals surface area contributed by atoms with Gasteiger partial charge in [0, 0.05) is 19.3 Å². The summed E-state index contributed by atoms with van der Waals surface area (Å²) in [4.78, 5) is 6.14. The van der Waals surface area contributed by atoms with Gasteiger partial charge in [0.2, 0.25) is 0 Å². The second-order valence-electron chi connectivity index (χ2n) is 5.27. The van der Waals surface area contributed by atoms with E-state index >= 15 is 0 Å². The van der Waals surface area contributed by atoms with E-state index in [1.54, 1.807) is 6.20 Å². The second kappa shape index (κ2) is 8.49. The molecule has 0 fully saturated rings. The van der Waals surface area contributed by atoms with E-state index in [0.29, 0.717) is 6.54 Å². The molecule has 0 amide bonds. The van der Waals surface area contributed by atoms with Gasteiger partial charge in [0.25, 0.3) is 0 Å². The first-order chi connectivity index (χ1) is 10.2. The Morgan fingerprint density at radius 3 is 2.71 bits per heavy atom. The van der Waals surface area contributed by atoms with Gasteiger partial charge in [0.1, 0.15) is 5.82 Å². The first-order valence-corrected chi connectivity index (χ1v) is 7.26. The number of nitrogens with zero attached hydrogens (tertiary/aromatic N) is 2. The van der Waals surface area contributed by atoms with Crippen molar-refractivity contribution < 1.29 is 4.39 Å². The van der Waals surface area contributed by atoms with Gasteiger partial charge in [0.05, 0.1) is 6.20 Å². The minimum absolute atomic E-state index is 0.281. The molecule has 0 aliphatic carbocycles. The van der Waals surface area contributed by atoms with E-state index in [1.807, 2.05) is 6.07 Å². The number of hydrogen-bond acceptors (Lipinski definition) is 3. The highest BCUT2D eigenvalue weighted by Crippen LogP contribution is 2.03. The van der Waals surface area contributed by atoms with Crippen LogP contribution in [0.1, 0.15) is 17.5 Å². The number of aromatic nitrogens is 1. The van der Waals surface area contributed by atoms with Gasteiger partial charge in [0.15, 0.2) is 0 Å². The van der Waals surface area contributed by atoms with Crippen LogP contribution in [-0.2, 0) is 13.1 Å². The summed E-state index contributed by atoms with van der Waals surface area (Å²) in [6, 6.07) is 12.0. The van der Waals surface area contributed by atoms with E-state index in [9.17, 15) is 4.39 Å². The Morgan fingerprint density at radius 2 is 1.95 bits per heavy atom. The van der Waals surface area contributed by atoms with Gasteiger partial charge in [-0.15, -0.1) is 0 Å². The molecule has 112 valence electrons. The molecule has 1 aromatic carbocycles. The van der Waals surface area contributed by atoms with Gasteiger partial charge in [-0.1, -0.05) is 30.3 Å². The number of hydrogen-bond donors (Lipinski definition) is 1. The van der Waals surface area contributed by atoms with Crippen LogP contribution in [0.2, 0.25) is 0 Å². The summed E-state index contributed by atoms with van der Waals surface area (Å²) in [6.07, 6.45) is 3.98. The number of pyridine rings is 1. The molecule has 0 atom stereocenters. The SMILES string of the molecule is CN(CCCNCc1cncc(F)c1)Cc1ccccc1. The lowest BCUT2D eigenvalue weighted by Crippen LogP contribution is -2.23. The van der Waals surface area contributed by atoms with Crippen LogP contribution in [0.5, 0.6) is 0 Å². The fourth-order valence-electron chi connectivity index (χ4n) is 2.23. The maximum absolute atomic E-state index is 13.0. The maximum atomic E-state index is 13.0. The molecule has 3 nitrogen and oxygen atoms in total. The number of nitrogens with one attached hydrogen (secondary N) is 1. The molecule has 2 aromatic rings. The van der Waals surface area contributed by atoms with Crippen molar-refractivity contribution in [1.82, 2.24) is 15.2 Å². The summed E-state index contributed by atoms with van der Waals surface area (Å²) >= 11 is 0. The molecule has 2 rings (SSSR count). The third-order valence-electron chi connectivity index (χ3n) is 3.28. The van der Waals surface area contributed by atoms with E-state index in [4.69, 9.17) is 0 Å². The predicted octanol–water partition coefficient (Wildman–Crippen LogP) is 2.83. The lowest BCUT2D eigenvalue weighted by atomic mass is 10.2. The molecule has 0 unspecified atom stereocenters. The fraction of sp³-hybridized carbons (Fsp3) is 0.353. The van der Waals surface area contributed by atoms with Crippen molar-refractivity contribution in [3.05, 3.63) is 65.7 Å². The molecule has 1 N–H and O–H groups in total. The van der Waals surface area contributed by atoms with Crippen LogP contribution in [0.25, 0.3) is 0 Å². The van der Waals surface area contributed by atoms with Crippen molar-refractivity contribution in [1.29, 1.82) is 0 Å². The lowest BCUT2D eigenvalue weighted by molar-refractivity contribution is 0.319. The van der Waals surface area contributed by atoms with Crippen LogP contribution in [0.4, 0.5) is 4.39 Å². The van der Waals surface area contributed by atoms with Gasteiger partial charge in [-0.05, 0) is 43.8 Å². The van der Waals surface area contributed by atoms with E-state index in [-0.39, 0.29) is 5.82 Å². The molecule has 4 heteroatoms. The van der Waals surface area contributed by atoms with Gasteiger partial charge in [-0.3, -0.25) is 4.98 Å². The minimum Gasteiger partial charge on any atom is -0.313 e. The first-order valence-electron chi connectivity index (χ1n) is 7.26. The molecule has 0 saturated carbocycles. The highest BCUT2D eigenvalue weighted by atomic mass is 19.1. The average Bonchev–Trinajstić information content (AvgIpc) is 2.48. The maximum Gasteiger partial charge on any atom is 0.141 e. The zero-order valence-electron chi connectivity index (χ0n) is 12.4. The number of rotatable bonds is 8. The summed E-state index contributed by atoms with van der Waals surface area (Å²) < 4.78 is 13.0.